The number of hydrogen-bond acceptors (Lipinski definition) is 5. The fourth-order valence-electron chi connectivity index (χ4n) is 2.78. The van der Waals surface area contributed by atoms with Crippen molar-refractivity contribution in [3.8, 4) is 17.0 Å². The van der Waals surface area contributed by atoms with Gasteiger partial charge >= 0.3 is 0 Å². The van der Waals surface area contributed by atoms with Gasteiger partial charge in [0.05, 0.1) is 31.5 Å². The van der Waals surface area contributed by atoms with Crippen molar-refractivity contribution in [1.29, 1.82) is 0 Å². The second-order valence-corrected chi connectivity index (χ2v) is 6.85. The first-order chi connectivity index (χ1) is 13.2. The number of amides is 1. The maximum absolute atomic E-state index is 12.3. The van der Waals surface area contributed by atoms with Gasteiger partial charge in [-0.2, -0.15) is 0 Å². The van der Waals surface area contributed by atoms with Crippen LogP contribution in [0.2, 0.25) is 0 Å². The Bertz CT molecular complexity index is 1050. The van der Waals surface area contributed by atoms with Gasteiger partial charge in [-0.25, -0.2) is 4.98 Å². The van der Waals surface area contributed by atoms with E-state index in [0.717, 1.165) is 33.4 Å². The molecular weight excluding hydrogens is 360 g/mol. The predicted molar refractivity (Wildman–Crippen MR) is 105 cm³/mol. The van der Waals surface area contributed by atoms with Crippen LogP contribution < -0.4 is 10.1 Å². The molecular formula is C20H18N4O2S. The number of nitrogens with one attached hydrogen (secondary N) is 1. The van der Waals surface area contributed by atoms with Crippen molar-refractivity contribution >= 4 is 22.2 Å². The Morgan fingerprint density at radius 1 is 1.22 bits per heavy atom. The lowest BCUT2D eigenvalue weighted by molar-refractivity contribution is -0.120. The van der Waals surface area contributed by atoms with Crippen LogP contribution >= 0.6 is 11.3 Å². The molecule has 0 atom stereocenters. The average molecular weight is 378 g/mol. The first-order valence-electron chi connectivity index (χ1n) is 8.49. The number of pyridine rings is 1. The highest BCUT2D eigenvalue weighted by atomic mass is 32.1. The zero-order chi connectivity index (χ0) is 18.6. The van der Waals surface area contributed by atoms with E-state index in [0.29, 0.717) is 13.0 Å². The third-order valence-electron chi connectivity index (χ3n) is 4.20. The molecule has 0 aliphatic heterocycles. The molecule has 7 heteroatoms. The number of nitrogens with zero attached hydrogens (tertiary/aromatic N) is 3. The molecule has 4 aromatic rings. The van der Waals surface area contributed by atoms with Crippen molar-refractivity contribution in [2.45, 2.75) is 13.0 Å². The van der Waals surface area contributed by atoms with Gasteiger partial charge in [0.1, 0.15) is 5.75 Å². The fourth-order valence-corrected chi connectivity index (χ4v) is 3.65. The summed E-state index contributed by atoms with van der Waals surface area (Å²) in [4.78, 5) is 22.0. The molecule has 4 rings (SSSR count). The van der Waals surface area contributed by atoms with Crippen molar-refractivity contribution in [3.63, 3.8) is 0 Å². The molecule has 136 valence electrons. The quantitative estimate of drug-likeness (QED) is 0.559. The zero-order valence-electron chi connectivity index (χ0n) is 14.8. The second-order valence-electron chi connectivity index (χ2n) is 6.01. The first kappa shape index (κ1) is 17.2. The number of carbonyl (C=O) groups is 1. The standard InChI is InChI=1S/C20H18N4O2S/c1-26-17-7-5-14(6-8-17)18-12-24-16(13-27-20(24)23-18)10-19(25)22-11-15-4-2-3-9-21-15/h2-9,12-13H,10-11H2,1H3,(H,22,25). The minimum Gasteiger partial charge on any atom is -0.497 e. The molecule has 0 saturated carbocycles. The van der Waals surface area contributed by atoms with E-state index >= 15 is 0 Å². The molecule has 0 aliphatic carbocycles. The van der Waals surface area contributed by atoms with Crippen LogP contribution in [0.3, 0.4) is 0 Å². The summed E-state index contributed by atoms with van der Waals surface area (Å²) in [6.07, 6.45) is 3.98. The number of ether oxygens (including phenoxy) is 1. The van der Waals surface area contributed by atoms with Crippen LogP contribution in [0.25, 0.3) is 16.2 Å². The Morgan fingerprint density at radius 3 is 2.81 bits per heavy atom. The van der Waals surface area contributed by atoms with Crippen molar-refractivity contribution < 1.29 is 9.53 Å². The van der Waals surface area contributed by atoms with Crippen LogP contribution in [0.5, 0.6) is 5.75 Å². The van der Waals surface area contributed by atoms with Crippen LogP contribution in [0.4, 0.5) is 0 Å². The van der Waals surface area contributed by atoms with Gasteiger partial charge in [-0.1, -0.05) is 6.07 Å². The van der Waals surface area contributed by atoms with E-state index in [1.165, 1.54) is 11.3 Å². The summed E-state index contributed by atoms with van der Waals surface area (Å²) in [6, 6.07) is 13.4. The van der Waals surface area contributed by atoms with Crippen molar-refractivity contribution in [2.24, 2.45) is 0 Å². The van der Waals surface area contributed by atoms with E-state index < -0.39 is 0 Å². The third kappa shape index (κ3) is 3.83. The maximum atomic E-state index is 12.3. The van der Waals surface area contributed by atoms with E-state index in [9.17, 15) is 4.79 Å². The van der Waals surface area contributed by atoms with E-state index in [4.69, 9.17) is 4.74 Å². The molecule has 3 aromatic heterocycles. The molecule has 1 aromatic carbocycles. The number of rotatable bonds is 6. The number of imidazole rings is 1. The van der Waals surface area contributed by atoms with E-state index in [1.807, 2.05) is 58.4 Å². The van der Waals surface area contributed by atoms with Crippen LogP contribution in [0, 0.1) is 0 Å². The van der Waals surface area contributed by atoms with Crippen molar-refractivity contribution in [3.05, 3.63) is 71.6 Å². The molecule has 0 aliphatic rings. The van der Waals surface area contributed by atoms with Gasteiger partial charge in [-0.3, -0.25) is 14.2 Å². The SMILES string of the molecule is COc1ccc(-c2cn3c(CC(=O)NCc4ccccn4)csc3n2)cc1. The smallest absolute Gasteiger partial charge is 0.226 e. The summed E-state index contributed by atoms with van der Waals surface area (Å²) in [7, 11) is 1.65. The summed E-state index contributed by atoms with van der Waals surface area (Å²) in [6.45, 7) is 0.425. The fraction of sp³-hybridized carbons (Fsp3) is 0.150. The highest BCUT2D eigenvalue weighted by Crippen LogP contribution is 2.25. The highest BCUT2D eigenvalue weighted by Gasteiger charge is 2.12. The van der Waals surface area contributed by atoms with Gasteiger partial charge < -0.3 is 10.1 Å². The summed E-state index contributed by atoms with van der Waals surface area (Å²) in [5.41, 5.74) is 3.64. The first-order valence-corrected chi connectivity index (χ1v) is 9.37. The molecule has 0 unspecified atom stereocenters. The summed E-state index contributed by atoms with van der Waals surface area (Å²) < 4.78 is 7.17. The number of fused-ring (bicyclic) bond motifs is 1. The Kier molecular flexibility index (Phi) is 4.84. The van der Waals surface area contributed by atoms with E-state index in [1.54, 1.807) is 13.3 Å². The van der Waals surface area contributed by atoms with Crippen LogP contribution in [-0.4, -0.2) is 27.4 Å². The van der Waals surface area contributed by atoms with Crippen LogP contribution in [0.1, 0.15) is 11.4 Å². The van der Waals surface area contributed by atoms with Gasteiger partial charge in [0.2, 0.25) is 5.91 Å². The number of benzene rings is 1. The van der Waals surface area contributed by atoms with Crippen molar-refractivity contribution in [1.82, 2.24) is 19.7 Å². The Hall–Kier alpha value is -3.19. The van der Waals surface area contributed by atoms with Crippen molar-refractivity contribution in [2.75, 3.05) is 7.11 Å². The molecule has 0 bridgehead atoms. The number of methoxy groups -OCH3 is 1. The number of thiazole rings is 1. The maximum Gasteiger partial charge on any atom is 0.226 e. The summed E-state index contributed by atoms with van der Waals surface area (Å²) in [5, 5.41) is 4.88. The number of hydrogen-bond donors (Lipinski definition) is 1. The largest absolute Gasteiger partial charge is 0.497 e. The molecule has 0 spiro atoms. The number of aromatic nitrogens is 3. The number of carbonyl (C=O) groups excluding carboxylic acids is 1. The molecule has 1 N–H and O–H groups in total. The summed E-state index contributed by atoms with van der Waals surface area (Å²) >= 11 is 1.53. The molecule has 6 nitrogen and oxygen atoms in total. The molecule has 3 heterocycles. The highest BCUT2D eigenvalue weighted by molar-refractivity contribution is 7.15. The lowest BCUT2D eigenvalue weighted by atomic mass is 10.2. The van der Waals surface area contributed by atoms with Gasteiger partial charge in [-0.15, -0.1) is 11.3 Å². The summed E-state index contributed by atoms with van der Waals surface area (Å²) in [5.74, 6) is 0.769. The lowest BCUT2D eigenvalue weighted by Gasteiger charge is -2.04. The van der Waals surface area contributed by atoms with E-state index in [-0.39, 0.29) is 5.91 Å². The zero-order valence-corrected chi connectivity index (χ0v) is 15.6. The minimum absolute atomic E-state index is 0.0416. The normalized spacial score (nSPS) is 10.9. The Balaban J connectivity index is 1.47. The van der Waals surface area contributed by atoms with Gasteiger partial charge in [0, 0.05) is 29.0 Å². The monoisotopic (exact) mass is 378 g/mol. The van der Waals surface area contributed by atoms with Gasteiger partial charge in [0.25, 0.3) is 0 Å². The van der Waals surface area contributed by atoms with Crippen LogP contribution in [-0.2, 0) is 17.8 Å². The van der Waals surface area contributed by atoms with Gasteiger partial charge in [0.15, 0.2) is 4.96 Å². The third-order valence-corrected chi connectivity index (χ3v) is 5.09. The topological polar surface area (TPSA) is 68.5 Å². The Labute approximate surface area is 160 Å². The molecule has 1 amide bonds. The average Bonchev–Trinajstić information content (AvgIpc) is 3.29. The second kappa shape index (κ2) is 7.59. The van der Waals surface area contributed by atoms with Crippen LogP contribution in [0.15, 0.2) is 60.2 Å². The molecule has 0 fully saturated rings. The molecule has 0 saturated heterocycles. The molecule has 27 heavy (non-hydrogen) atoms. The minimum atomic E-state index is -0.0416. The predicted octanol–water partition coefficient (Wildman–Crippen LogP) is 3.33. The van der Waals surface area contributed by atoms with Gasteiger partial charge in [-0.05, 0) is 36.4 Å². The Morgan fingerprint density at radius 2 is 2.07 bits per heavy atom. The molecule has 0 radical (unpaired) electrons. The lowest BCUT2D eigenvalue weighted by Crippen LogP contribution is -2.25. The van der Waals surface area contributed by atoms with E-state index in [2.05, 4.69) is 15.3 Å².